The van der Waals surface area contributed by atoms with Gasteiger partial charge in [-0.1, -0.05) is 28.1 Å². The normalized spacial score (nSPS) is 15.8. The highest BCUT2D eigenvalue weighted by Crippen LogP contribution is 2.40. The fraction of sp³-hybridized carbons (Fsp3) is 0.308. The predicted molar refractivity (Wildman–Crippen MR) is 68.6 cm³/mol. The molecule has 0 atom stereocenters. The van der Waals surface area contributed by atoms with Crippen LogP contribution in [-0.4, -0.2) is 9.55 Å². The maximum absolute atomic E-state index is 12.8. The summed E-state index contributed by atoms with van der Waals surface area (Å²) in [6, 6.07) is 7.29. The van der Waals surface area contributed by atoms with E-state index in [1.165, 1.54) is 0 Å². The summed E-state index contributed by atoms with van der Waals surface area (Å²) < 4.78 is 40.8. The number of hydrogen-bond acceptors (Lipinski definition) is 1. The van der Waals surface area contributed by atoms with Gasteiger partial charge in [-0.05, 0) is 25.0 Å². The van der Waals surface area contributed by atoms with Gasteiger partial charge in [-0.3, -0.25) is 0 Å². The van der Waals surface area contributed by atoms with Gasteiger partial charge in [-0.2, -0.15) is 13.2 Å². The van der Waals surface area contributed by atoms with Gasteiger partial charge in [0.05, 0.1) is 0 Å². The molecule has 100 valence electrons. The molecule has 0 bridgehead atoms. The van der Waals surface area contributed by atoms with E-state index in [-0.39, 0.29) is 6.04 Å². The summed E-state index contributed by atoms with van der Waals surface area (Å²) in [7, 11) is 0. The second kappa shape index (κ2) is 4.37. The minimum Gasteiger partial charge on any atom is -0.327 e. The molecule has 0 unspecified atom stereocenters. The molecule has 0 amide bonds. The topological polar surface area (TPSA) is 17.8 Å². The van der Waals surface area contributed by atoms with Gasteiger partial charge in [0.1, 0.15) is 5.82 Å². The molecule has 1 fully saturated rings. The third-order valence-electron chi connectivity index (χ3n) is 3.07. The summed E-state index contributed by atoms with van der Waals surface area (Å²) in [5.41, 5.74) is -0.122. The Morgan fingerprint density at radius 1 is 1.16 bits per heavy atom. The lowest BCUT2D eigenvalue weighted by molar-refractivity contribution is -0.140. The Bertz CT molecular complexity index is 597. The number of benzene rings is 1. The van der Waals surface area contributed by atoms with E-state index in [4.69, 9.17) is 0 Å². The van der Waals surface area contributed by atoms with E-state index >= 15 is 0 Å². The first-order valence-corrected chi connectivity index (χ1v) is 6.66. The van der Waals surface area contributed by atoms with Gasteiger partial charge in [0.15, 0.2) is 5.69 Å². The largest absolute Gasteiger partial charge is 0.434 e. The van der Waals surface area contributed by atoms with E-state index in [2.05, 4.69) is 20.9 Å². The number of hydrogen-bond donors (Lipinski definition) is 0. The third-order valence-corrected chi connectivity index (χ3v) is 3.59. The summed E-state index contributed by atoms with van der Waals surface area (Å²) >= 11 is 3.31. The Hall–Kier alpha value is -1.30. The van der Waals surface area contributed by atoms with E-state index in [0.29, 0.717) is 11.4 Å². The quantitative estimate of drug-likeness (QED) is 0.782. The van der Waals surface area contributed by atoms with Gasteiger partial charge in [-0.25, -0.2) is 4.98 Å². The van der Waals surface area contributed by atoms with Crippen LogP contribution >= 0.6 is 15.9 Å². The Labute approximate surface area is 116 Å². The molecule has 1 heterocycles. The van der Waals surface area contributed by atoms with Crippen molar-refractivity contribution in [2.75, 3.05) is 0 Å². The van der Waals surface area contributed by atoms with Crippen molar-refractivity contribution in [2.24, 2.45) is 0 Å². The highest BCUT2D eigenvalue weighted by atomic mass is 79.9. The number of halogens is 4. The lowest BCUT2D eigenvalue weighted by Crippen LogP contribution is -2.05. The summed E-state index contributed by atoms with van der Waals surface area (Å²) in [4.78, 5) is 3.77. The second-order valence-corrected chi connectivity index (χ2v) is 5.51. The van der Waals surface area contributed by atoms with Gasteiger partial charge in [0, 0.05) is 22.3 Å². The van der Waals surface area contributed by atoms with E-state index in [1.54, 1.807) is 28.8 Å². The van der Waals surface area contributed by atoms with Crippen LogP contribution < -0.4 is 0 Å². The van der Waals surface area contributed by atoms with Crippen LogP contribution in [0.1, 0.15) is 24.6 Å². The predicted octanol–water partition coefficient (Wildman–Crippen LogP) is 4.67. The first-order chi connectivity index (χ1) is 8.95. The molecule has 1 aromatic carbocycles. The molecule has 0 saturated heterocycles. The average molecular weight is 331 g/mol. The number of nitrogens with zero attached hydrogens (tertiary/aromatic N) is 2. The van der Waals surface area contributed by atoms with Crippen LogP contribution in [0.15, 0.2) is 34.9 Å². The zero-order valence-electron chi connectivity index (χ0n) is 9.78. The van der Waals surface area contributed by atoms with Crippen molar-refractivity contribution in [3.05, 3.63) is 40.6 Å². The van der Waals surface area contributed by atoms with Crippen LogP contribution in [0.25, 0.3) is 11.4 Å². The van der Waals surface area contributed by atoms with E-state index < -0.39 is 11.9 Å². The molecule has 2 aromatic rings. The Morgan fingerprint density at radius 3 is 2.32 bits per heavy atom. The van der Waals surface area contributed by atoms with Gasteiger partial charge in [0.2, 0.25) is 0 Å². The monoisotopic (exact) mass is 330 g/mol. The van der Waals surface area contributed by atoms with E-state index in [1.807, 2.05) is 0 Å². The van der Waals surface area contributed by atoms with Crippen molar-refractivity contribution in [2.45, 2.75) is 25.1 Å². The van der Waals surface area contributed by atoms with Crippen molar-refractivity contribution in [1.29, 1.82) is 0 Å². The first-order valence-electron chi connectivity index (χ1n) is 5.87. The highest BCUT2D eigenvalue weighted by molar-refractivity contribution is 9.10. The van der Waals surface area contributed by atoms with Crippen molar-refractivity contribution >= 4 is 15.9 Å². The average Bonchev–Trinajstić information content (AvgIpc) is 3.08. The van der Waals surface area contributed by atoms with Crippen molar-refractivity contribution in [3.63, 3.8) is 0 Å². The molecular formula is C13H10BrF3N2. The summed E-state index contributed by atoms with van der Waals surface area (Å²) in [6.07, 6.45) is -1.45. The minimum atomic E-state index is -4.40. The Kier molecular flexibility index (Phi) is 2.92. The molecule has 1 aliphatic rings. The number of aromatic nitrogens is 2. The number of rotatable bonds is 2. The molecule has 0 N–H and O–H groups in total. The molecule has 3 rings (SSSR count). The van der Waals surface area contributed by atoms with Crippen LogP contribution in [0.2, 0.25) is 0 Å². The van der Waals surface area contributed by atoms with Crippen LogP contribution in [0.4, 0.5) is 13.2 Å². The van der Waals surface area contributed by atoms with E-state index in [0.717, 1.165) is 23.5 Å². The van der Waals surface area contributed by atoms with Crippen LogP contribution in [-0.2, 0) is 6.18 Å². The molecule has 0 radical (unpaired) electrons. The highest BCUT2D eigenvalue weighted by Gasteiger charge is 2.37. The molecule has 1 aromatic heterocycles. The van der Waals surface area contributed by atoms with Gasteiger partial charge in [0.25, 0.3) is 0 Å². The molecule has 0 aliphatic heterocycles. The minimum absolute atomic E-state index is 0.155. The summed E-state index contributed by atoms with van der Waals surface area (Å²) in [5, 5.41) is 0. The molecule has 0 spiro atoms. The zero-order chi connectivity index (χ0) is 13.6. The number of alkyl halides is 3. The smallest absolute Gasteiger partial charge is 0.327 e. The maximum atomic E-state index is 12.8. The van der Waals surface area contributed by atoms with Crippen molar-refractivity contribution in [3.8, 4) is 11.4 Å². The fourth-order valence-corrected chi connectivity index (χ4v) is 2.24. The van der Waals surface area contributed by atoms with Crippen LogP contribution in [0.5, 0.6) is 0 Å². The second-order valence-electron chi connectivity index (χ2n) is 4.59. The SMILES string of the molecule is FC(F)(F)c1cn(C2CC2)c(-c2ccc(Br)cc2)n1. The van der Waals surface area contributed by atoms with Crippen molar-refractivity contribution in [1.82, 2.24) is 9.55 Å². The standard InChI is InChI=1S/C13H10BrF3N2/c14-9-3-1-8(2-4-9)12-18-11(13(15,16)17)7-19(12)10-5-6-10/h1-4,7,10H,5-6H2. The zero-order valence-corrected chi connectivity index (χ0v) is 11.4. The fourth-order valence-electron chi connectivity index (χ4n) is 1.97. The summed E-state index contributed by atoms with van der Waals surface area (Å²) in [6.45, 7) is 0. The Morgan fingerprint density at radius 2 is 1.79 bits per heavy atom. The van der Waals surface area contributed by atoms with Gasteiger partial charge in [-0.15, -0.1) is 0 Å². The van der Waals surface area contributed by atoms with Crippen molar-refractivity contribution < 1.29 is 13.2 Å². The molecule has 19 heavy (non-hydrogen) atoms. The van der Waals surface area contributed by atoms with E-state index in [9.17, 15) is 13.2 Å². The maximum Gasteiger partial charge on any atom is 0.434 e. The van der Waals surface area contributed by atoms with Crippen LogP contribution in [0, 0.1) is 0 Å². The first kappa shape index (κ1) is 12.7. The molecule has 1 aliphatic carbocycles. The van der Waals surface area contributed by atoms with Crippen LogP contribution in [0.3, 0.4) is 0 Å². The molecule has 1 saturated carbocycles. The third kappa shape index (κ3) is 2.54. The summed E-state index contributed by atoms with van der Waals surface area (Å²) in [5.74, 6) is 0.391. The molecule has 6 heteroatoms. The molecule has 2 nitrogen and oxygen atoms in total. The van der Waals surface area contributed by atoms with Gasteiger partial charge >= 0.3 is 6.18 Å². The number of imidazole rings is 1. The molecular weight excluding hydrogens is 321 g/mol. The van der Waals surface area contributed by atoms with Gasteiger partial charge < -0.3 is 4.57 Å². The Balaban J connectivity index is 2.08. The lowest BCUT2D eigenvalue weighted by atomic mass is 10.2. The lowest BCUT2D eigenvalue weighted by Gasteiger charge is -2.05.